The van der Waals surface area contributed by atoms with Crippen molar-refractivity contribution in [3.05, 3.63) is 23.0 Å². The Balaban J connectivity index is 1.14. The van der Waals surface area contributed by atoms with Crippen molar-refractivity contribution in [2.75, 3.05) is 54.2 Å². The van der Waals surface area contributed by atoms with E-state index in [0.717, 1.165) is 0 Å². The Kier molecular flexibility index (Phi) is 9.66. The van der Waals surface area contributed by atoms with Gasteiger partial charge in [0.25, 0.3) is 11.5 Å². The van der Waals surface area contributed by atoms with Gasteiger partial charge in [0.2, 0.25) is 5.95 Å². The number of carbonyl (C=O) groups is 1. The second-order valence-corrected chi connectivity index (χ2v) is 14.0. The summed E-state index contributed by atoms with van der Waals surface area (Å²) in [6, 6.07) is 0. The van der Waals surface area contributed by atoms with Crippen LogP contribution in [0.1, 0.15) is 20.1 Å². The molecule has 0 aromatic carbocycles. The third-order valence-corrected chi connectivity index (χ3v) is 9.11. The van der Waals surface area contributed by atoms with Crippen molar-refractivity contribution in [2.45, 2.75) is 43.9 Å². The standard InChI is InChI=1S/C24H35N12O8PS/c1-24(2)16(31-13-18(34-24)32-23(26)33-20(13)39)21(40)27-3-4-35(10-45(41,42)43)5-6-46-7-11-14(37)15(38)22(44-11)36-9-30-12-17(25)28-8-29-19(12)36/h8-9,11,14-15,22,37-38H,3-7,10H2,1-2H3,(H,27,40)(H2,25,28,29)(H2,41,42,43)(H4,26,32,33,34,39). The number of aliphatic hydroxyl groups excluding tert-OH is 2. The normalized spacial score (nSPS) is 22.5. The third-order valence-electron chi connectivity index (χ3n) is 7.31. The number of aliphatic imine (C=N–C) groups is 1. The van der Waals surface area contributed by atoms with Crippen LogP contribution in [0.3, 0.4) is 0 Å². The van der Waals surface area contributed by atoms with E-state index in [2.05, 4.69) is 40.5 Å². The lowest BCUT2D eigenvalue weighted by molar-refractivity contribution is -0.115. The highest BCUT2D eigenvalue weighted by atomic mass is 32.2. The Morgan fingerprint density at radius 2 is 1.98 bits per heavy atom. The lowest BCUT2D eigenvalue weighted by atomic mass is 9.95. The molecule has 0 spiro atoms. The number of H-pyrrole nitrogens is 1. The first kappa shape index (κ1) is 33.7. The molecular weight excluding hydrogens is 647 g/mol. The van der Waals surface area contributed by atoms with E-state index in [0.29, 0.717) is 16.9 Å². The van der Waals surface area contributed by atoms with Gasteiger partial charge in [0, 0.05) is 31.1 Å². The lowest BCUT2D eigenvalue weighted by Gasteiger charge is -2.32. The van der Waals surface area contributed by atoms with Gasteiger partial charge in [-0.05, 0) is 13.8 Å². The molecule has 2 aliphatic rings. The Bertz CT molecular complexity index is 1750. The number of carbonyl (C=O) groups excluding carboxylic acids is 1. The summed E-state index contributed by atoms with van der Waals surface area (Å²) >= 11 is 1.35. The number of ether oxygens (including phenoxy) is 1. The van der Waals surface area contributed by atoms with Crippen LogP contribution in [0.4, 0.5) is 23.3 Å². The van der Waals surface area contributed by atoms with E-state index in [-0.39, 0.29) is 54.4 Å². The number of hydrogen-bond donors (Lipinski definition) is 9. The number of aromatic amines is 1. The molecule has 5 heterocycles. The van der Waals surface area contributed by atoms with Crippen LogP contribution >= 0.6 is 19.4 Å². The number of rotatable bonds is 12. The van der Waals surface area contributed by atoms with Gasteiger partial charge in [-0.3, -0.25) is 28.6 Å². The number of nitrogen functional groups attached to an aromatic ring is 2. The number of aliphatic hydroxyl groups is 2. The summed E-state index contributed by atoms with van der Waals surface area (Å²) < 4.78 is 19.2. The molecule has 46 heavy (non-hydrogen) atoms. The van der Waals surface area contributed by atoms with Crippen LogP contribution in [0, 0.1) is 0 Å². The average Bonchev–Trinajstić information content (AvgIpc) is 3.50. The van der Waals surface area contributed by atoms with Gasteiger partial charge in [-0.15, -0.1) is 0 Å². The van der Waals surface area contributed by atoms with Gasteiger partial charge >= 0.3 is 7.60 Å². The molecule has 4 atom stereocenters. The number of hydrogen-bond acceptors (Lipinski definition) is 16. The maximum absolute atomic E-state index is 13.0. The second-order valence-electron chi connectivity index (χ2n) is 11.2. The van der Waals surface area contributed by atoms with Crippen molar-refractivity contribution >= 4 is 65.4 Å². The molecule has 0 aliphatic carbocycles. The summed E-state index contributed by atoms with van der Waals surface area (Å²) in [4.78, 5) is 68.8. The van der Waals surface area contributed by atoms with Crippen LogP contribution in [0.5, 0.6) is 0 Å². The van der Waals surface area contributed by atoms with Crippen LogP contribution in [0.2, 0.25) is 0 Å². The minimum atomic E-state index is -4.44. The summed E-state index contributed by atoms with van der Waals surface area (Å²) in [5, 5.41) is 27.0. The molecule has 20 nitrogen and oxygen atoms in total. The first-order chi connectivity index (χ1) is 21.6. The molecule has 5 rings (SSSR count). The van der Waals surface area contributed by atoms with Crippen molar-refractivity contribution in [1.82, 2.24) is 39.7 Å². The van der Waals surface area contributed by atoms with E-state index >= 15 is 0 Å². The average molecular weight is 683 g/mol. The quantitative estimate of drug-likeness (QED) is 0.0734. The zero-order chi connectivity index (χ0) is 33.4. The Morgan fingerprint density at radius 3 is 2.72 bits per heavy atom. The fourth-order valence-electron chi connectivity index (χ4n) is 5.09. The SMILES string of the molecule is CC1(C)Nc2nc(N)[nH]c(=O)c2N=C1C(=O)NCCN(CCSCC1OC(n2cnc3c(N)ncnc32)C(O)C1O)CP(=O)(O)O. The van der Waals surface area contributed by atoms with Crippen molar-refractivity contribution in [3.63, 3.8) is 0 Å². The molecule has 3 aromatic heterocycles. The number of thioether (sulfide) groups is 1. The number of amides is 1. The van der Waals surface area contributed by atoms with E-state index < -0.39 is 55.4 Å². The molecule has 1 saturated heterocycles. The predicted octanol–water partition coefficient (Wildman–Crippen LogP) is -2.04. The predicted molar refractivity (Wildman–Crippen MR) is 169 cm³/mol. The largest absolute Gasteiger partial charge is 0.387 e. The molecule has 4 unspecified atom stereocenters. The number of nitrogens with one attached hydrogen (secondary N) is 3. The third kappa shape index (κ3) is 7.31. The number of nitrogens with two attached hydrogens (primary N) is 2. The summed E-state index contributed by atoms with van der Waals surface area (Å²) in [6.07, 6.45) is -2.10. The smallest absolute Gasteiger partial charge is 0.339 e. The van der Waals surface area contributed by atoms with Gasteiger partial charge in [-0.2, -0.15) is 16.7 Å². The second kappa shape index (κ2) is 13.2. The fraction of sp³-hybridized carbons (Fsp3) is 0.542. The first-order valence-electron chi connectivity index (χ1n) is 14.0. The van der Waals surface area contributed by atoms with Crippen LogP contribution in [0.25, 0.3) is 11.2 Å². The van der Waals surface area contributed by atoms with Gasteiger partial charge in [-0.1, -0.05) is 0 Å². The number of anilines is 3. The monoisotopic (exact) mass is 682 g/mol. The zero-order valence-electron chi connectivity index (χ0n) is 24.8. The maximum Gasteiger partial charge on any atom is 0.339 e. The van der Waals surface area contributed by atoms with Gasteiger partial charge in [0.15, 0.2) is 29.2 Å². The maximum atomic E-state index is 13.0. The van der Waals surface area contributed by atoms with Crippen molar-refractivity contribution in [3.8, 4) is 0 Å². The molecular formula is C24H35N12O8PS. The van der Waals surface area contributed by atoms with Gasteiger partial charge in [0.1, 0.15) is 36.0 Å². The molecule has 11 N–H and O–H groups in total. The highest BCUT2D eigenvalue weighted by Crippen LogP contribution is 2.36. The minimum Gasteiger partial charge on any atom is -0.387 e. The van der Waals surface area contributed by atoms with E-state index in [1.807, 2.05) is 0 Å². The number of imidazole rings is 1. The van der Waals surface area contributed by atoms with E-state index in [4.69, 9.17) is 16.2 Å². The van der Waals surface area contributed by atoms with Crippen molar-refractivity contribution in [2.24, 2.45) is 4.99 Å². The van der Waals surface area contributed by atoms with Crippen molar-refractivity contribution < 1.29 is 34.1 Å². The summed E-state index contributed by atoms with van der Waals surface area (Å²) in [5.41, 5.74) is 10.4. The Labute approximate surface area is 265 Å². The first-order valence-corrected chi connectivity index (χ1v) is 16.9. The van der Waals surface area contributed by atoms with E-state index in [1.54, 1.807) is 13.8 Å². The molecule has 1 amide bonds. The summed E-state index contributed by atoms with van der Waals surface area (Å²) in [6.45, 7) is 3.70. The van der Waals surface area contributed by atoms with Crippen LogP contribution in [-0.2, 0) is 14.1 Å². The van der Waals surface area contributed by atoms with E-state index in [1.165, 1.54) is 33.9 Å². The van der Waals surface area contributed by atoms with Crippen LogP contribution < -0.4 is 27.7 Å². The minimum absolute atomic E-state index is 0.0179. The highest BCUT2D eigenvalue weighted by Gasteiger charge is 2.44. The lowest BCUT2D eigenvalue weighted by Crippen LogP contribution is -2.51. The molecule has 250 valence electrons. The molecule has 1 fully saturated rings. The number of nitrogens with zero attached hydrogens (tertiary/aromatic N) is 7. The topological polar surface area (TPSA) is 305 Å². The number of fused-ring (bicyclic) bond motifs is 2. The summed E-state index contributed by atoms with van der Waals surface area (Å²) in [5.74, 6) is 0.281. The Hall–Kier alpha value is -3.69. The van der Waals surface area contributed by atoms with Crippen LogP contribution in [0.15, 0.2) is 22.4 Å². The molecule has 0 radical (unpaired) electrons. The Morgan fingerprint density at radius 1 is 1.22 bits per heavy atom. The molecule has 22 heteroatoms. The van der Waals surface area contributed by atoms with Crippen molar-refractivity contribution in [1.29, 1.82) is 0 Å². The van der Waals surface area contributed by atoms with Gasteiger partial charge in [0.05, 0.1) is 18.0 Å². The molecule has 3 aromatic rings. The molecule has 0 bridgehead atoms. The van der Waals surface area contributed by atoms with Gasteiger partial charge < -0.3 is 46.8 Å². The van der Waals surface area contributed by atoms with Gasteiger partial charge in [-0.25, -0.2) is 19.9 Å². The molecule has 2 aliphatic heterocycles. The highest BCUT2D eigenvalue weighted by molar-refractivity contribution is 7.99. The molecule has 0 saturated carbocycles. The van der Waals surface area contributed by atoms with E-state index in [9.17, 15) is 34.2 Å². The van der Waals surface area contributed by atoms with Crippen LogP contribution in [-0.4, -0.2) is 127 Å². The zero-order valence-corrected chi connectivity index (χ0v) is 26.5. The summed E-state index contributed by atoms with van der Waals surface area (Å²) in [7, 11) is -4.44. The number of aromatic nitrogens is 6. The fourth-order valence-corrected chi connectivity index (χ4v) is 6.95.